The fourth-order valence-electron chi connectivity index (χ4n) is 5.72. The van der Waals surface area contributed by atoms with Crippen LogP contribution >= 0.6 is 12.0 Å². The molecular formula is C35H34N8O18S3. The lowest BCUT2D eigenvalue weighted by molar-refractivity contribution is -0.432. The minimum absolute atomic E-state index is 0.0817. The lowest BCUT2D eigenvalue weighted by Gasteiger charge is -2.13. The number of primary amides is 1. The third-order valence-electron chi connectivity index (χ3n) is 8.52. The molecule has 0 unspecified atom stereocenters. The highest BCUT2D eigenvalue weighted by molar-refractivity contribution is 7.94. The summed E-state index contributed by atoms with van der Waals surface area (Å²) in [7, 11) is -9.90. The first-order valence-corrected chi connectivity index (χ1v) is 21.3. The van der Waals surface area contributed by atoms with Gasteiger partial charge in [-0.15, -0.1) is 29.9 Å². The average Bonchev–Trinajstić information content (AvgIpc) is 3.22. The van der Waals surface area contributed by atoms with Gasteiger partial charge in [0.25, 0.3) is 31.7 Å². The zero-order chi connectivity index (χ0) is 47.1. The van der Waals surface area contributed by atoms with E-state index < -0.39 is 89.0 Å². The number of rotatable bonds is 19. The second-order valence-corrected chi connectivity index (χ2v) is 16.1. The number of aliphatic hydroxyl groups excluding tert-OH is 2. The van der Waals surface area contributed by atoms with Gasteiger partial charge >= 0.3 is 0 Å². The number of pyridine rings is 1. The van der Waals surface area contributed by atoms with Crippen LogP contribution in [0.4, 0.5) is 34.1 Å². The van der Waals surface area contributed by atoms with E-state index in [9.17, 15) is 61.1 Å². The van der Waals surface area contributed by atoms with Crippen molar-refractivity contribution < 1.29 is 80.4 Å². The molecule has 0 aliphatic carbocycles. The molecule has 0 aliphatic rings. The van der Waals surface area contributed by atoms with Gasteiger partial charge in [-0.05, 0) is 49.6 Å². The Labute approximate surface area is 363 Å². The molecule has 1 heterocycles. The summed E-state index contributed by atoms with van der Waals surface area (Å²) in [5.41, 5.74) is 1.99. The zero-order valence-corrected chi connectivity index (χ0v) is 35.2. The molecule has 64 heavy (non-hydrogen) atoms. The van der Waals surface area contributed by atoms with E-state index in [-0.39, 0.29) is 87.3 Å². The second-order valence-electron chi connectivity index (χ2n) is 12.6. The molecule has 0 saturated heterocycles. The van der Waals surface area contributed by atoms with Gasteiger partial charge in [-0.3, -0.25) is 23.3 Å². The maximum Gasteiger partial charge on any atom is 0.296 e. The van der Waals surface area contributed by atoms with Crippen LogP contribution in [0, 0.1) is 6.92 Å². The fourth-order valence-corrected chi connectivity index (χ4v) is 7.39. The summed E-state index contributed by atoms with van der Waals surface area (Å²) in [6.07, 6.45) is 0. The number of phenolic OH excluding ortho intramolecular Hbond substituents is 2. The molecule has 0 saturated carbocycles. The van der Waals surface area contributed by atoms with Crippen molar-refractivity contribution in [2.45, 2.75) is 35.1 Å². The van der Waals surface area contributed by atoms with Gasteiger partial charge in [-0.25, -0.2) is 5.26 Å². The van der Waals surface area contributed by atoms with Crippen molar-refractivity contribution in [3.63, 3.8) is 0 Å². The van der Waals surface area contributed by atoms with E-state index in [0.717, 1.165) is 41.0 Å². The van der Waals surface area contributed by atoms with Gasteiger partial charge in [0.15, 0.2) is 5.75 Å². The first kappa shape index (κ1) is 48.4. The van der Waals surface area contributed by atoms with Crippen molar-refractivity contribution in [1.29, 1.82) is 0 Å². The number of hydrogen-bond acceptors (Lipinski definition) is 23. The summed E-state index contributed by atoms with van der Waals surface area (Å²) >= 11 is 0.247. The number of azo groups is 3. The standard InChI is InChI=1S/C35H34N8O18S3/c1-3-43-34(49)28(33(36)48)16(2)30(35(43)50)41-37-18-4-5-20(27(12-18)64(55,56)57)38-39-21-14-25(59-9-7-45)22(15-24(21)58-8-6-44)40-42-31-26(62-61-60-51)11-17-10-19(63(52,53)54)13-23(46)29(17)32(31)47/h4-5,10-15,44-47,50-51H,3,6-9H2,1-2H3,(H2,36,48)(H,52,53,54)(H,55,56,57). The van der Waals surface area contributed by atoms with Crippen molar-refractivity contribution in [2.75, 3.05) is 26.4 Å². The van der Waals surface area contributed by atoms with Crippen molar-refractivity contribution in [3.8, 4) is 28.9 Å². The molecule has 0 radical (unpaired) electrons. The Balaban J connectivity index is 1.60. The summed E-state index contributed by atoms with van der Waals surface area (Å²) in [4.78, 5) is 22.9. The van der Waals surface area contributed by atoms with Crippen LogP contribution in [0.2, 0.25) is 0 Å². The predicted molar refractivity (Wildman–Crippen MR) is 219 cm³/mol. The Morgan fingerprint density at radius 3 is 1.94 bits per heavy atom. The van der Waals surface area contributed by atoms with Gasteiger partial charge in [0, 0.05) is 30.3 Å². The molecule has 4 aromatic carbocycles. The van der Waals surface area contributed by atoms with E-state index in [2.05, 4.69) is 40.1 Å². The number of aromatic nitrogens is 1. The monoisotopic (exact) mass is 950 g/mol. The van der Waals surface area contributed by atoms with Crippen molar-refractivity contribution in [3.05, 3.63) is 70.0 Å². The number of fused-ring (bicyclic) bond motifs is 1. The number of ether oxygens (including phenoxy) is 2. The fraction of sp³-hybridized carbons (Fsp3) is 0.200. The maximum absolute atomic E-state index is 12.7. The van der Waals surface area contributed by atoms with E-state index in [1.165, 1.54) is 19.9 Å². The molecule has 1 aromatic heterocycles. The highest BCUT2D eigenvalue weighted by atomic mass is 32.2. The number of benzene rings is 4. The topological polar surface area (TPSA) is 406 Å². The molecular weight excluding hydrogens is 917 g/mol. The van der Waals surface area contributed by atoms with Gasteiger partial charge in [-0.2, -0.15) is 21.9 Å². The molecule has 5 rings (SSSR count). The summed E-state index contributed by atoms with van der Waals surface area (Å²) in [5.74, 6) is -3.77. The number of nitrogens with two attached hydrogens (primary N) is 1. The van der Waals surface area contributed by atoms with Crippen LogP contribution in [0.1, 0.15) is 22.8 Å². The number of hydrogen-bond donors (Lipinski definition) is 9. The van der Waals surface area contributed by atoms with Crippen LogP contribution in [0.5, 0.6) is 28.9 Å². The van der Waals surface area contributed by atoms with E-state index in [1.807, 2.05) is 0 Å². The number of nitrogens with zero attached hydrogens (tertiary/aromatic N) is 7. The summed E-state index contributed by atoms with van der Waals surface area (Å²) in [6.45, 7) is 0.949. The Kier molecular flexibility index (Phi) is 15.3. The molecule has 0 spiro atoms. The van der Waals surface area contributed by atoms with E-state index in [0.29, 0.717) is 6.07 Å². The molecule has 0 bridgehead atoms. The molecule has 10 N–H and O–H groups in total. The van der Waals surface area contributed by atoms with Crippen molar-refractivity contribution in [1.82, 2.24) is 4.57 Å². The number of carbonyl (C=O) groups excluding carboxylic acids is 1. The van der Waals surface area contributed by atoms with Gasteiger partial charge in [0.05, 0.1) is 46.1 Å². The largest absolute Gasteiger partial charge is 0.507 e. The lowest BCUT2D eigenvalue weighted by atomic mass is 10.1. The molecule has 0 aliphatic heterocycles. The van der Waals surface area contributed by atoms with Crippen molar-refractivity contribution in [2.24, 2.45) is 36.4 Å². The highest BCUT2D eigenvalue weighted by Gasteiger charge is 2.24. The molecule has 0 atom stereocenters. The van der Waals surface area contributed by atoms with E-state index >= 15 is 0 Å². The summed E-state index contributed by atoms with van der Waals surface area (Å²) in [5, 5.41) is 87.3. The maximum atomic E-state index is 12.7. The van der Waals surface area contributed by atoms with Crippen LogP contribution in [0.25, 0.3) is 10.8 Å². The summed E-state index contributed by atoms with van der Waals surface area (Å²) < 4.78 is 84.7. The molecule has 5 aromatic rings. The highest BCUT2D eigenvalue weighted by Crippen LogP contribution is 2.49. The first-order chi connectivity index (χ1) is 30.2. The number of carbonyl (C=O) groups is 1. The van der Waals surface area contributed by atoms with Gasteiger partial charge < -0.3 is 40.7 Å². The Hall–Kier alpha value is -6.67. The number of phenols is 2. The number of aliphatic hydroxyl groups is 2. The summed E-state index contributed by atoms with van der Waals surface area (Å²) in [6, 6.07) is 8.06. The third-order valence-corrected chi connectivity index (χ3v) is 10.9. The Morgan fingerprint density at radius 2 is 1.39 bits per heavy atom. The minimum Gasteiger partial charge on any atom is -0.507 e. The molecule has 1 amide bonds. The number of aromatic hydroxyl groups is 3. The second kappa shape index (κ2) is 20.2. The predicted octanol–water partition coefficient (Wildman–Crippen LogP) is 5.46. The molecule has 0 fully saturated rings. The van der Waals surface area contributed by atoms with Gasteiger partial charge in [0.1, 0.15) is 69.4 Å². The van der Waals surface area contributed by atoms with Gasteiger partial charge in [-0.1, -0.05) is 5.04 Å². The Morgan fingerprint density at radius 1 is 0.797 bits per heavy atom. The van der Waals surface area contributed by atoms with Crippen LogP contribution in [0.15, 0.2) is 98.7 Å². The quantitative estimate of drug-likeness (QED) is 0.0163. The normalized spacial score (nSPS) is 12.3. The SMILES string of the molecule is CCn1c(O)c(N=Nc2ccc(N=Nc3cc(OCCO)c(N=Nc4c(SOOO)cc5cc(S(=O)(=O)O)cc(O)c5c4O)cc3OCCO)c(S(=O)(=O)O)c2)c(C)c(C(N)=O)c1=O. The van der Waals surface area contributed by atoms with Crippen LogP contribution < -0.4 is 20.8 Å². The third kappa shape index (κ3) is 10.7. The van der Waals surface area contributed by atoms with Crippen molar-refractivity contribution >= 4 is 83.1 Å². The molecule has 340 valence electrons. The van der Waals surface area contributed by atoms with E-state index in [1.54, 1.807) is 0 Å². The molecule has 26 nitrogen and oxygen atoms in total. The van der Waals surface area contributed by atoms with Crippen LogP contribution in [0.3, 0.4) is 0 Å². The minimum atomic E-state index is -5.08. The van der Waals surface area contributed by atoms with Gasteiger partial charge in [0.2, 0.25) is 5.88 Å². The number of amides is 1. The van der Waals surface area contributed by atoms with Crippen LogP contribution in [-0.4, -0.2) is 93.6 Å². The first-order valence-electron chi connectivity index (χ1n) is 17.7. The smallest absolute Gasteiger partial charge is 0.296 e. The van der Waals surface area contributed by atoms with E-state index in [4.69, 9.17) is 20.5 Å². The Bertz CT molecular complexity index is 3020. The zero-order valence-electron chi connectivity index (χ0n) is 32.7. The average molecular weight is 951 g/mol. The van der Waals surface area contributed by atoms with Crippen LogP contribution in [-0.2, 0) is 36.2 Å². The lowest BCUT2D eigenvalue weighted by Crippen LogP contribution is -2.30. The molecule has 29 heteroatoms.